The van der Waals surface area contributed by atoms with Crippen LogP contribution in [-0.2, 0) is 16.8 Å². The maximum absolute atomic E-state index is 15.0. The summed E-state index contributed by atoms with van der Waals surface area (Å²) in [5.74, 6) is -1.49. The fourth-order valence-corrected chi connectivity index (χ4v) is 6.54. The van der Waals surface area contributed by atoms with E-state index in [1.165, 1.54) is 24.5 Å². The Hall–Kier alpha value is -3.51. The van der Waals surface area contributed by atoms with Crippen LogP contribution in [0.4, 0.5) is 10.1 Å². The van der Waals surface area contributed by atoms with E-state index < -0.39 is 17.8 Å². The van der Waals surface area contributed by atoms with E-state index in [0.29, 0.717) is 31.0 Å². The molecule has 2 aliphatic heterocycles. The fraction of sp³-hybridized carbons (Fsp3) is 0.444. The van der Waals surface area contributed by atoms with Gasteiger partial charge in [-0.15, -0.1) is 0 Å². The van der Waals surface area contributed by atoms with E-state index in [9.17, 15) is 9.59 Å². The predicted molar refractivity (Wildman–Crippen MR) is 167 cm³/mol. The van der Waals surface area contributed by atoms with Crippen molar-refractivity contribution in [3.05, 3.63) is 100 Å². The van der Waals surface area contributed by atoms with Crippen molar-refractivity contribution in [2.24, 2.45) is 5.92 Å². The lowest BCUT2D eigenvalue weighted by molar-refractivity contribution is -0.123. The van der Waals surface area contributed by atoms with Gasteiger partial charge in [-0.25, -0.2) is 4.39 Å². The van der Waals surface area contributed by atoms with Crippen molar-refractivity contribution >= 4 is 17.5 Å². The van der Waals surface area contributed by atoms with Crippen molar-refractivity contribution in [1.82, 2.24) is 9.80 Å². The lowest BCUT2D eigenvalue weighted by atomic mass is 9.82. The molecular weight excluding hydrogens is 525 g/mol. The maximum Gasteiger partial charge on any atom is 0.257 e. The summed E-state index contributed by atoms with van der Waals surface area (Å²) in [7, 11) is 0. The van der Waals surface area contributed by atoms with Gasteiger partial charge in [0, 0.05) is 24.8 Å². The second-order valence-corrected chi connectivity index (χ2v) is 13.1. The Morgan fingerprint density at radius 1 is 0.952 bits per heavy atom. The molecule has 0 spiro atoms. The number of nitrogens with zero attached hydrogens (tertiary/aromatic N) is 2. The summed E-state index contributed by atoms with van der Waals surface area (Å²) in [6, 6.07) is 21.1. The number of hydrogen-bond donors (Lipinski definition) is 1. The minimum atomic E-state index is -0.528. The molecule has 0 aliphatic carbocycles. The zero-order valence-corrected chi connectivity index (χ0v) is 25.6. The van der Waals surface area contributed by atoms with Crippen LogP contribution in [0.1, 0.15) is 92.0 Å². The van der Waals surface area contributed by atoms with E-state index in [1.54, 1.807) is 24.0 Å². The monoisotopic (exact) mass is 569 g/mol. The SMILES string of the molecule is Cc1cccc(F)c1C(=O)N1CCC[C@H](C(=O)Nc2cccc(C(C)(C)C)c2)[C@@H]1c1ccc(CN2CCC[C@@H]2C)cc1. The Labute approximate surface area is 250 Å². The van der Waals surface area contributed by atoms with E-state index in [4.69, 9.17) is 0 Å². The Kier molecular flexibility index (Phi) is 8.84. The number of nitrogens with one attached hydrogen (secondary N) is 1. The number of likely N-dealkylation sites (tertiary alicyclic amines) is 2. The molecule has 3 aromatic carbocycles. The summed E-state index contributed by atoms with van der Waals surface area (Å²) >= 11 is 0. The molecule has 2 fully saturated rings. The summed E-state index contributed by atoms with van der Waals surface area (Å²) in [6.07, 6.45) is 3.76. The van der Waals surface area contributed by atoms with Crippen LogP contribution in [0.15, 0.2) is 66.7 Å². The van der Waals surface area contributed by atoms with E-state index in [1.807, 2.05) is 18.2 Å². The first-order valence-electron chi connectivity index (χ1n) is 15.3. The Morgan fingerprint density at radius 2 is 1.67 bits per heavy atom. The van der Waals surface area contributed by atoms with Crippen molar-refractivity contribution in [2.45, 2.75) is 84.3 Å². The van der Waals surface area contributed by atoms with E-state index >= 15 is 4.39 Å². The zero-order valence-electron chi connectivity index (χ0n) is 25.6. The normalized spacial score (nSPS) is 21.4. The fourth-order valence-electron chi connectivity index (χ4n) is 6.54. The molecule has 2 aliphatic rings. The van der Waals surface area contributed by atoms with Crippen LogP contribution in [0.2, 0.25) is 0 Å². The van der Waals surface area contributed by atoms with Crippen molar-refractivity contribution in [2.75, 3.05) is 18.4 Å². The third-order valence-corrected chi connectivity index (χ3v) is 9.06. The number of aryl methyl sites for hydroxylation is 1. The number of hydrogen-bond acceptors (Lipinski definition) is 3. The van der Waals surface area contributed by atoms with E-state index in [0.717, 1.165) is 29.9 Å². The molecule has 1 N–H and O–H groups in total. The van der Waals surface area contributed by atoms with Crippen LogP contribution in [0.5, 0.6) is 0 Å². The first kappa shape index (κ1) is 30.0. The largest absolute Gasteiger partial charge is 0.331 e. The number of benzene rings is 3. The maximum atomic E-state index is 15.0. The molecule has 2 heterocycles. The average molecular weight is 570 g/mol. The highest BCUT2D eigenvalue weighted by Gasteiger charge is 2.40. The average Bonchev–Trinajstić information content (AvgIpc) is 3.36. The highest BCUT2D eigenvalue weighted by Crippen LogP contribution is 2.39. The number of amides is 2. The molecule has 0 unspecified atom stereocenters. The standard InChI is InChI=1S/C36H44FN3O2/c1-24-10-6-15-31(37)32(24)35(42)40-21-9-14-30(34(41)38-29-13-7-12-28(22-29)36(3,4)5)33(40)27-18-16-26(17-19-27)23-39-20-8-11-25(39)2/h6-7,10,12-13,15-19,22,25,30,33H,8-9,11,14,20-21,23H2,1-5H3,(H,38,41)/t25-,30-,33-/m0/s1. The first-order valence-corrected chi connectivity index (χ1v) is 15.3. The number of piperidine rings is 1. The van der Waals surface area contributed by atoms with Gasteiger partial charge in [0.1, 0.15) is 5.82 Å². The second-order valence-electron chi connectivity index (χ2n) is 13.1. The summed E-state index contributed by atoms with van der Waals surface area (Å²) < 4.78 is 15.0. The lowest BCUT2D eigenvalue weighted by Crippen LogP contribution is -2.46. The van der Waals surface area contributed by atoms with Gasteiger partial charge < -0.3 is 10.2 Å². The van der Waals surface area contributed by atoms with Crippen molar-refractivity contribution in [1.29, 1.82) is 0 Å². The van der Waals surface area contributed by atoms with Crippen LogP contribution in [0.3, 0.4) is 0 Å². The molecule has 3 atom stereocenters. The molecule has 5 rings (SSSR count). The molecule has 2 saturated heterocycles. The van der Waals surface area contributed by atoms with Gasteiger partial charge in [-0.3, -0.25) is 14.5 Å². The molecule has 222 valence electrons. The number of halogens is 1. The minimum absolute atomic E-state index is 0.0520. The van der Waals surface area contributed by atoms with Gasteiger partial charge in [0.15, 0.2) is 0 Å². The van der Waals surface area contributed by atoms with Gasteiger partial charge in [0.2, 0.25) is 5.91 Å². The summed E-state index contributed by atoms with van der Waals surface area (Å²) in [5.41, 5.74) is 4.62. The van der Waals surface area contributed by atoms with Gasteiger partial charge in [0.05, 0.1) is 17.5 Å². The lowest BCUT2D eigenvalue weighted by Gasteiger charge is -2.41. The smallest absolute Gasteiger partial charge is 0.257 e. The van der Waals surface area contributed by atoms with Gasteiger partial charge in [-0.2, -0.15) is 0 Å². The number of carbonyl (C=O) groups is 2. The molecule has 0 aromatic heterocycles. The highest BCUT2D eigenvalue weighted by molar-refractivity contribution is 5.98. The van der Waals surface area contributed by atoms with Gasteiger partial charge in [-0.05, 0) is 91.9 Å². The van der Waals surface area contributed by atoms with Gasteiger partial charge in [-0.1, -0.05) is 69.3 Å². The summed E-state index contributed by atoms with van der Waals surface area (Å²) in [4.78, 5) is 32.2. The number of rotatable bonds is 6. The molecule has 0 saturated carbocycles. The van der Waals surface area contributed by atoms with Gasteiger partial charge in [0.25, 0.3) is 5.91 Å². The quantitative estimate of drug-likeness (QED) is 0.332. The number of anilines is 1. The predicted octanol–water partition coefficient (Wildman–Crippen LogP) is 7.65. The van der Waals surface area contributed by atoms with Crippen molar-refractivity contribution in [3.8, 4) is 0 Å². The molecule has 42 heavy (non-hydrogen) atoms. The first-order chi connectivity index (χ1) is 20.0. The summed E-state index contributed by atoms with van der Waals surface area (Å²) in [5, 5.41) is 3.15. The van der Waals surface area contributed by atoms with Crippen LogP contribution in [0, 0.1) is 18.7 Å². The molecule has 0 radical (unpaired) electrons. The van der Waals surface area contributed by atoms with E-state index in [2.05, 4.69) is 68.2 Å². The molecule has 3 aromatic rings. The second kappa shape index (κ2) is 12.4. The molecular formula is C36H44FN3O2. The van der Waals surface area contributed by atoms with Crippen LogP contribution >= 0.6 is 0 Å². The molecule has 0 bridgehead atoms. The third kappa shape index (κ3) is 6.44. The molecule has 6 heteroatoms. The third-order valence-electron chi connectivity index (χ3n) is 9.06. The topological polar surface area (TPSA) is 52.7 Å². The van der Waals surface area contributed by atoms with Crippen LogP contribution in [-0.4, -0.2) is 40.7 Å². The highest BCUT2D eigenvalue weighted by atomic mass is 19.1. The van der Waals surface area contributed by atoms with Gasteiger partial charge >= 0.3 is 0 Å². The van der Waals surface area contributed by atoms with E-state index in [-0.39, 0.29) is 22.8 Å². The van der Waals surface area contributed by atoms with Crippen LogP contribution in [0.25, 0.3) is 0 Å². The summed E-state index contributed by atoms with van der Waals surface area (Å²) in [6.45, 7) is 12.9. The Balaban J connectivity index is 1.47. The Morgan fingerprint density at radius 3 is 2.33 bits per heavy atom. The van der Waals surface area contributed by atoms with Crippen molar-refractivity contribution in [3.63, 3.8) is 0 Å². The number of carbonyl (C=O) groups excluding carboxylic acids is 2. The van der Waals surface area contributed by atoms with Crippen molar-refractivity contribution < 1.29 is 14.0 Å². The minimum Gasteiger partial charge on any atom is -0.331 e. The zero-order chi connectivity index (χ0) is 30.0. The molecule has 2 amide bonds. The Bertz CT molecular complexity index is 1410. The van der Waals surface area contributed by atoms with Crippen LogP contribution < -0.4 is 5.32 Å². The molecule has 5 nitrogen and oxygen atoms in total.